The molecule has 0 aromatic heterocycles. The summed E-state index contributed by atoms with van der Waals surface area (Å²) in [7, 11) is 1.57. The number of amides is 3. The zero-order chi connectivity index (χ0) is 54.4. The highest BCUT2D eigenvalue weighted by molar-refractivity contribution is 6.23. The molecule has 1 N–H and O–H groups in total. The minimum atomic E-state index is -2.11. The number of phenolic OH excluding ortho intramolecular Hbond substituents is 1. The number of esters is 1. The molecule has 0 radical (unpaired) electrons. The summed E-state index contributed by atoms with van der Waals surface area (Å²) in [5.41, 5.74) is 2.44. The Kier molecular flexibility index (Phi) is 13.2. The van der Waals surface area contributed by atoms with Gasteiger partial charge in [-0.2, -0.15) is 0 Å². The van der Waals surface area contributed by atoms with Crippen LogP contribution in [0.3, 0.4) is 0 Å². The maximum atomic E-state index is 16.8. The van der Waals surface area contributed by atoms with Crippen LogP contribution < -0.4 is 19.1 Å². The van der Waals surface area contributed by atoms with Crippen LogP contribution in [-0.2, 0) is 42.4 Å². The third-order valence-corrected chi connectivity index (χ3v) is 15.6. The fourth-order valence-electron chi connectivity index (χ4n) is 12.0. The number of fused-ring (bicyclic) bond motifs is 4. The molecule has 0 unspecified atom stereocenters. The number of ether oxygens (including phenoxy) is 5. The molecule has 3 saturated heterocycles. The van der Waals surface area contributed by atoms with Crippen molar-refractivity contribution < 1.29 is 52.9 Å². The lowest BCUT2D eigenvalue weighted by Crippen LogP contribution is -2.59. The Morgan fingerprint density at radius 1 is 0.722 bits per heavy atom. The molecule has 0 aliphatic carbocycles. The number of non-ortho nitro benzene ring substituents is 1. The summed E-state index contributed by atoms with van der Waals surface area (Å²) < 4.78 is 29.2. The Morgan fingerprint density at radius 3 is 2.08 bits per heavy atom. The van der Waals surface area contributed by atoms with Gasteiger partial charge < -0.3 is 33.7 Å². The van der Waals surface area contributed by atoms with E-state index in [4.69, 9.17) is 23.7 Å². The zero-order valence-electron chi connectivity index (χ0n) is 42.7. The quantitative estimate of drug-likeness (QED) is 0.0592. The van der Waals surface area contributed by atoms with E-state index in [1.54, 1.807) is 54.5 Å². The monoisotopic (exact) mass is 1060 g/mol. The number of rotatable bonds is 10. The normalized spacial score (nSPS) is 22.1. The Bertz CT molecular complexity index is 3560. The first-order valence-electron chi connectivity index (χ1n) is 25.8. The van der Waals surface area contributed by atoms with Gasteiger partial charge in [-0.25, -0.2) is 9.69 Å². The van der Waals surface area contributed by atoms with Gasteiger partial charge in [0.05, 0.1) is 35.7 Å². The number of nitro groups is 1. The number of aromatic hydroxyl groups is 1. The number of benzene rings is 7. The number of imide groups is 1. The number of anilines is 1. The van der Waals surface area contributed by atoms with Crippen molar-refractivity contribution in [3.8, 4) is 34.8 Å². The number of nitrogens with zero attached hydrogens (tertiary/aromatic N) is 5. The van der Waals surface area contributed by atoms with Crippen molar-refractivity contribution in [2.75, 3.05) is 45.0 Å². The number of piperazine rings is 1. The second kappa shape index (κ2) is 20.8. The zero-order valence-corrected chi connectivity index (χ0v) is 42.7. The largest absolute Gasteiger partial charge is 0.508 e. The van der Waals surface area contributed by atoms with E-state index >= 15 is 19.2 Å². The number of hydrogen-bond acceptors (Lipinski definition) is 14. The van der Waals surface area contributed by atoms with Gasteiger partial charge in [0.2, 0.25) is 18.6 Å². The highest BCUT2D eigenvalue weighted by Gasteiger charge is 2.76. The van der Waals surface area contributed by atoms with Gasteiger partial charge in [-0.1, -0.05) is 90.7 Å². The molecule has 396 valence electrons. The summed E-state index contributed by atoms with van der Waals surface area (Å²) in [6.45, 7) is 1.68. The van der Waals surface area contributed by atoms with Gasteiger partial charge in [-0.05, 0) is 112 Å². The summed E-state index contributed by atoms with van der Waals surface area (Å²) in [5.74, 6) is 4.75. The van der Waals surface area contributed by atoms with E-state index in [9.17, 15) is 15.2 Å². The van der Waals surface area contributed by atoms with E-state index in [0.29, 0.717) is 64.7 Å². The number of carbonyl (C=O) groups is 4. The lowest BCUT2D eigenvalue weighted by atomic mass is 9.65. The van der Waals surface area contributed by atoms with Crippen LogP contribution in [0.15, 0.2) is 170 Å². The number of nitro benzene ring substituents is 1. The molecule has 0 saturated carbocycles. The number of morpholine rings is 1. The molecule has 5 heterocycles. The molecule has 17 nitrogen and oxygen atoms in total. The number of cyclic esters (lactones) is 1. The predicted molar refractivity (Wildman–Crippen MR) is 287 cm³/mol. The summed E-state index contributed by atoms with van der Waals surface area (Å²) in [6.07, 6.45) is -2.04. The van der Waals surface area contributed by atoms with E-state index in [-0.39, 0.29) is 49.2 Å². The highest BCUT2D eigenvalue weighted by Crippen LogP contribution is 2.66. The van der Waals surface area contributed by atoms with Crippen LogP contribution in [0.25, 0.3) is 0 Å². The second-order valence-electron chi connectivity index (χ2n) is 20.0. The average Bonchev–Trinajstić information content (AvgIpc) is 2.85. The fourth-order valence-corrected chi connectivity index (χ4v) is 12.0. The van der Waals surface area contributed by atoms with Crippen LogP contribution in [0.2, 0.25) is 0 Å². The van der Waals surface area contributed by atoms with Gasteiger partial charge in [-0.3, -0.25) is 34.3 Å². The first kappa shape index (κ1) is 50.3. The number of carbonyl (C=O) groups excluding carboxylic acids is 4. The maximum absolute atomic E-state index is 16.8. The van der Waals surface area contributed by atoms with Crippen molar-refractivity contribution in [2.24, 2.45) is 5.92 Å². The van der Waals surface area contributed by atoms with Crippen molar-refractivity contribution in [3.05, 3.63) is 224 Å². The summed E-state index contributed by atoms with van der Waals surface area (Å²) in [4.78, 5) is 81.8. The number of hydrogen-bond donors (Lipinski definition) is 1. The molecule has 3 amide bonds. The van der Waals surface area contributed by atoms with E-state index in [1.807, 2.05) is 95.9 Å². The molecule has 3 fully saturated rings. The lowest BCUT2D eigenvalue weighted by molar-refractivity contribution is -0.384. The molecule has 5 aliphatic rings. The Labute approximate surface area is 454 Å². The van der Waals surface area contributed by atoms with Crippen molar-refractivity contribution in [1.82, 2.24) is 14.7 Å². The molecule has 0 bridgehead atoms. The standard InChI is InChI=1S/C62H51N5O12/c1-75-48-26-16-39(17-27-48)12-13-40-18-28-50-49(34-40)62(60(71)65(50)61(72)76-37-41-14-22-46(23-15-41)67(73)74)53(58(69)64-32-30-63(31-33-64)36-42-19-29-51-52(35-42)78-38-77-51)55-59(70)79-56(44-10-6-3-7-11-44)54(43-8-4-2-5-9-43)66(55)57(62)45-20-24-47(68)25-21-45/h2-11,14-29,34-35,53-57,68H,30-33,36-38H2,1H3/t53-,54-,55-,56+,57+,62-/m1/s1. The minimum Gasteiger partial charge on any atom is -0.508 e. The molecule has 12 rings (SSSR count). The first-order valence-corrected chi connectivity index (χ1v) is 25.8. The molecule has 7 aromatic rings. The maximum Gasteiger partial charge on any atom is 0.421 e. The van der Waals surface area contributed by atoms with Crippen LogP contribution >= 0.6 is 0 Å². The number of methoxy groups -OCH3 is 1. The molecule has 5 aliphatic heterocycles. The minimum absolute atomic E-state index is 0.0656. The van der Waals surface area contributed by atoms with E-state index in [2.05, 4.69) is 16.7 Å². The van der Waals surface area contributed by atoms with Crippen LogP contribution in [0, 0.1) is 27.9 Å². The smallest absolute Gasteiger partial charge is 0.421 e. The molecular weight excluding hydrogens is 1010 g/mol. The van der Waals surface area contributed by atoms with E-state index in [0.717, 1.165) is 16.0 Å². The van der Waals surface area contributed by atoms with Gasteiger partial charge in [0.15, 0.2) is 11.5 Å². The molecule has 1 spiro atoms. The second-order valence-corrected chi connectivity index (χ2v) is 20.0. The average molecular weight is 1060 g/mol. The lowest BCUT2D eigenvalue weighted by Gasteiger charge is -2.46. The predicted octanol–water partition coefficient (Wildman–Crippen LogP) is 8.78. The SMILES string of the molecule is COc1ccc(C#Cc2ccc3c(c2)[C@]2(C(=O)N3C(=O)OCc3ccc([N+](=O)[O-])cc3)[C@H](c3ccc(O)cc3)N3[C@H](c4ccccc4)[C@H](c4ccccc4)OC(=O)[C@H]3[C@@H]2C(=O)N2CCN(Cc3ccc4c(c3)OCO4)CC2)cc1. The van der Waals surface area contributed by atoms with E-state index in [1.165, 1.54) is 36.4 Å². The van der Waals surface area contributed by atoms with Gasteiger partial charge in [0.1, 0.15) is 35.7 Å². The summed E-state index contributed by atoms with van der Waals surface area (Å²) in [6, 6.07) is 45.1. The van der Waals surface area contributed by atoms with Crippen LogP contribution in [0.4, 0.5) is 16.2 Å². The molecule has 17 heteroatoms. The Morgan fingerprint density at radius 2 is 1.38 bits per heavy atom. The molecule has 7 aromatic carbocycles. The van der Waals surface area contributed by atoms with Gasteiger partial charge in [0.25, 0.3) is 5.69 Å². The topological polar surface area (TPSA) is 191 Å². The van der Waals surface area contributed by atoms with E-state index < -0.39 is 64.4 Å². The van der Waals surface area contributed by atoms with Crippen LogP contribution in [0.5, 0.6) is 23.0 Å². The highest BCUT2D eigenvalue weighted by atomic mass is 16.7. The van der Waals surface area contributed by atoms with Crippen molar-refractivity contribution in [3.63, 3.8) is 0 Å². The van der Waals surface area contributed by atoms with Gasteiger partial charge in [-0.15, -0.1) is 0 Å². The van der Waals surface area contributed by atoms with Gasteiger partial charge in [0, 0.05) is 56.0 Å². The first-order chi connectivity index (χ1) is 38.5. The van der Waals surface area contributed by atoms with Crippen molar-refractivity contribution >= 4 is 35.3 Å². The Balaban J connectivity index is 1.04. The van der Waals surface area contributed by atoms with Crippen molar-refractivity contribution in [1.29, 1.82) is 0 Å². The van der Waals surface area contributed by atoms with Crippen molar-refractivity contribution in [2.45, 2.75) is 42.8 Å². The fraction of sp³-hybridized carbons (Fsp3) is 0.226. The third-order valence-electron chi connectivity index (χ3n) is 15.6. The third kappa shape index (κ3) is 9.10. The Hall–Kier alpha value is -9.50. The number of phenols is 1. The summed E-state index contributed by atoms with van der Waals surface area (Å²) in [5, 5.41) is 22.4. The molecule has 79 heavy (non-hydrogen) atoms. The van der Waals surface area contributed by atoms with Crippen LogP contribution in [-0.4, -0.2) is 94.7 Å². The molecular formula is C62H51N5O12. The molecule has 6 atom stereocenters. The van der Waals surface area contributed by atoms with Crippen LogP contribution in [0.1, 0.15) is 62.7 Å². The van der Waals surface area contributed by atoms with Gasteiger partial charge >= 0.3 is 12.1 Å². The summed E-state index contributed by atoms with van der Waals surface area (Å²) >= 11 is 0.